The minimum Gasteiger partial charge on any atom is -0.338 e. The summed E-state index contributed by atoms with van der Waals surface area (Å²) in [7, 11) is 1.66. The lowest BCUT2D eigenvalue weighted by molar-refractivity contribution is 0.0702. The van der Waals surface area contributed by atoms with Gasteiger partial charge in [0.05, 0.1) is 11.3 Å². The SMILES string of the molecule is Cc1ncccc1C(=O)N1CCCC(c2nn(C)c(=O)n2-c2ccccc2)C1. The van der Waals surface area contributed by atoms with E-state index in [-0.39, 0.29) is 17.5 Å². The van der Waals surface area contributed by atoms with Crippen LogP contribution in [0.25, 0.3) is 5.69 Å². The molecular weight excluding hydrogens is 354 g/mol. The largest absolute Gasteiger partial charge is 0.350 e. The van der Waals surface area contributed by atoms with Gasteiger partial charge in [-0.3, -0.25) is 9.78 Å². The third-order valence-corrected chi connectivity index (χ3v) is 5.28. The zero-order chi connectivity index (χ0) is 19.7. The minimum atomic E-state index is -0.173. The van der Waals surface area contributed by atoms with E-state index in [1.165, 1.54) is 4.68 Å². The summed E-state index contributed by atoms with van der Waals surface area (Å²) in [4.78, 5) is 31.8. The Morgan fingerprint density at radius 3 is 2.68 bits per heavy atom. The van der Waals surface area contributed by atoms with Crippen molar-refractivity contribution in [2.75, 3.05) is 13.1 Å². The Morgan fingerprint density at radius 1 is 1.14 bits per heavy atom. The van der Waals surface area contributed by atoms with Gasteiger partial charge in [-0.15, -0.1) is 0 Å². The predicted molar refractivity (Wildman–Crippen MR) is 106 cm³/mol. The molecule has 4 rings (SSSR count). The number of aryl methyl sites for hydroxylation is 2. The molecule has 0 aliphatic carbocycles. The van der Waals surface area contributed by atoms with Crippen LogP contribution in [0.5, 0.6) is 0 Å². The first-order valence-electron chi connectivity index (χ1n) is 9.48. The van der Waals surface area contributed by atoms with Crippen molar-refractivity contribution in [3.63, 3.8) is 0 Å². The van der Waals surface area contributed by atoms with Crippen LogP contribution in [-0.4, -0.2) is 43.2 Å². The molecule has 0 saturated carbocycles. The van der Waals surface area contributed by atoms with E-state index in [2.05, 4.69) is 10.1 Å². The van der Waals surface area contributed by atoms with Crippen LogP contribution in [0.2, 0.25) is 0 Å². The number of piperidine rings is 1. The summed E-state index contributed by atoms with van der Waals surface area (Å²) in [5.41, 5.74) is 1.98. The van der Waals surface area contributed by atoms with Gasteiger partial charge in [0, 0.05) is 37.9 Å². The molecule has 3 heterocycles. The lowest BCUT2D eigenvalue weighted by atomic mass is 9.96. The van der Waals surface area contributed by atoms with Crippen molar-refractivity contribution in [2.45, 2.75) is 25.7 Å². The molecule has 0 N–H and O–H groups in total. The minimum absolute atomic E-state index is 0.00350. The van der Waals surface area contributed by atoms with Crippen LogP contribution in [-0.2, 0) is 7.05 Å². The molecule has 1 unspecified atom stereocenters. The highest BCUT2D eigenvalue weighted by Crippen LogP contribution is 2.27. The number of benzene rings is 1. The standard InChI is InChI=1S/C21H23N5O2/c1-15-18(11-6-12-22-15)20(27)25-13-7-8-16(14-25)19-23-24(2)21(28)26(19)17-9-4-3-5-10-17/h3-6,9-12,16H,7-8,13-14H2,1-2H3. The van der Waals surface area contributed by atoms with Crippen molar-refractivity contribution in [1.82, 2.24) is 24.2 Å². The molecule has 0 spiro atoms. The summed E-state index contributed by atoms with van der Waals surface area (Å²) in [6.45, 7) is 3.09. The van der Waals surface area contributed by atoms with Gasteiger partial charge in [-0.05, 0) is 44.0 Å². The molecule has 0 radical (unpaired) electrons. The van der Waals surface area contributed by atoms with Crippen molar-refractivity contribution in [2.24, 2.45) is 7.05 Å². The molecule has 3 aromatic rings. The predicted octanol–water partition coefficient (Wildman–Crippen LogP) is 2.29. The van der Waals surface area contributed by atoms with Gasteiger partial charge in [-0.25, -0.2) is 14.0 Å². The van der Waals surface area contributed by atoms with Gasteiger partial charge in [0.1, 0.15) is 5.82 Å². The number of pyridine rings is 1. The van der Waals surface area contributed by atoms with E-state index >= 15 is 0 Å². The number of carbonyl (C=O) groups excluding carboxylic acids is 1. The number of para-hydroxylation sites is 1. The molecule has 1 aliphatic rings. The highest BCUT2D eigenvalue weighted by molar-refractivity contribution is 5.95. The number of aromatic nitrogens is 4. The van der Waals surface area contributed by atoms with E-state index in [9.17, 15) is 9.59 Å². The molecular formula is C21H23N5O2. The topological polar surface area (TPSA) is 73.0 Å². The first-order chi connectivity index (χ1) is 13.6. The van der Waals surface area contributed by atoms with Crippen LogP contribution in [0.15, 0.2) is 53.5 Å². The summed E-state index contributed by atoms with van der Waals surface area (Å²) >= 11 is 0. The second-order valence-electron chi connectivity index (χ2n) is 7.16. The molecule has 1 atom stereocenters. The van der Waals surface area contributed by atoms with Gasteiger partial charge in [-0.2, -0.15) is 5.10 Å². The van der Waals surface area contributed by atoms with E-state index in [4.69, 9.17) is 0 Å². The molecule has 0 bridgehead atoms. The number of carbonyl (C=O) groups is 1. The molecule has 144 valence electrons. The molecule has 28 heavy (non-hydrogen) atoms. The fourth-order valence-electron chi connectivity index (χ4n) is 3.82. The molecule has 1 saturated heterocycles. The highest BCUT2D eigenvalue weighted by Gasteiger charge is 2.30. The van der Waals surface area contributed by atoms with Gasteiger partial charge >= 0.3 is 5.69 Å². The van der Waals surface area contributed by atoms with Gasteiger partial charge < -0.3 is 4.90 Å². The number of amides is 1. The fourth-order valence-corrected chi connectivity index (χ4v) is 3.82. The van der Waals surface area contributed by atoms with Gasteiger partial charge in [0.2, 0.25) is 0 Å². The summed E-state index contributed by atoms with van der Waals surface area (Å²) < 4.78 is 3.03. The molecule has 7 nitrogen and oxygen atoms in total. The van der Waals surface area contributed by atoms with Crippen LogP contribution >= 0.6 is 0 Å². The third kappa shape index (κ3) is 3.24. The van der Waals surface area contributed by atoms with Crippen molar-refractivity contribution in [1.29, 1.82) is 0 Å². The van der Waals surface area contributed by atoms with Gasteiger partial charge in [0.25, 0.3) is 5.91 Å². The van der Waals surface area contributed by atoms with Crippen LogP contribution < -0.4 is 5.69 Å². The quantitative estimate of drug-likeness (QED) is 0.702. The molecule has 7 heteroatoms. The van der Waals surface area contributed by atoms with Crippen molar-refractivity contribution in [3.05, 3.63) is 76.2 Å². The second kappa shape index (κ2) is 7.42. The van der Waals surface area contributed by atoms with Crippen LogP contribution in [0.1, 0.15) is 40.6 Å². The average Bonchev–Trinajstić information content (AvgIpc) is 3.03. The second-order valence-corrected chi connectivity index (χ2v) is 7.16. The van der Waals surface area contributed by atoms with E-state index in [0.29, 0.717) is 24.5 Å². The van der Waals surface area contributed by atoms with E-state index in [1.54, 1.807) is 23.9 Å². The van der Waals surface area contributed by atoms with Crippen LogP contribution in [0, 0.1) is 6.92 Å². The summed E-state index contributed by atoms with van der Waals surface area (Å²) in [6.07, 6.45) is 3.45. The number of nitrogens with zero attached hydrogens (tertiary/aromatic N) is 5. The lowest BCUT2D eigenvalue weighted by Crippen LogP contribution is -2.40. The Labute approximate surface area is 163 Å². The summed E-state index contributed by atoms with van der Waals surface area (Å²) in [6, 6.07) is 13.1. The molecule has 1 amide bonds. The maximum Gasteiger partial charge on any atom is 0.350 e. The number of likely N-dealkylation sites (tertiary alicyclic amines) is 1. The number of hydrogen-bond donors (Lipinski definition) is 0. The fraction of sp³-hybridized carbons (Fsp3) is 0.333. The van der Waals surface area contributed by atoms with E-state index in [1.807, 2.05) is 48.2 Å². The Hall–Kier alpha value is -3.22. The number of rotatable bonds is 3. The maximum absolute atomic E-state index is 13.0. The van der Waals surface area contributed by atoms with Crippen LogP contribution in [0.4, 0.5) is 0 Å². The molecule has 1 aliphatic heterocycles. The molecule has 1 fully saturated rings. The Bertz CT molecular complexity index is 1050. The first kappa shape index (κ1) is 18.2. The normalized spacial score (nSPS) is 16.9. The van der Waals surface area contributed by atoms with Crippen molar-refractivity contribution >= 4 is 5.91 Å². The monoisotopic (exact) mass is 377 g/mol. The van der Waals surface area contributed by atoms with Gasteiger partial charge in [0.15, 0.2) is 0 Å². The van der Waals surface area contributed by atoms with Crippen LogP contribution in [0.3, 0.4) is 0 Å². The molecule has 2 aromatic heterocycles. The highest BCUT2D eigenvalue weighted by atomic mass is 16.2. The summed E-state index contributed by atoms with van der Waals surface area (Å²) in [5, 5.41) is 4.51. The van der Waals surface area contributed by atoms with Crippen molar-refractivity contribution in [3.8, 4) is 5.69 Å². The zero-order valence-electron chi connectivity index (χ0n) is 16.1. The Balaban J connectivity index is 1.66. The lowest BCUT2D eigenvalue weighted by Gasteiger charge is -2.32. The Morgan fingerprint density at radius 2 is 1.93 bits per heavy atom. The number of hydrogen-bond acceptors (Lipinski definition) is 4. The zero-order valence-corrected chi connectivity index (χ0v) is 16.1. The molecule has 1 aromatic carbocycles. The Kier molecular flexibility index (Phi) is 4.81. The third-order valence-electron chi connectivity index (χ3n) is 5.28. The van der Waals surface area contributed by atoms with Gasteiger partial charge in [-0.1, -0.05) is 18.2 Å². The maximum atomic E-state index is 13.0. The summed E-state index contributed by atoms with van der Waals surface area (Å²) in [5.74, 6) is 0.697. The first-order valence-corrected chi connectivity index (χ1v) is 9.48. The smallest absolute Gasteiger partial charge is 0.338 e. The van der Waals surface area contributed by atoms with Crippen molar-refractivity contribution < 1.29 is 4.79 Å². The van der Waals surface area contributed by atoms with E-state index < -0.39 is 0 Å². The average molecular weight is 377 g/mol. The van der Waals surface area contributed by atoms with E-state index in [0.717, 1.165) is 24.2 Å².